The Labute approximate surface area is 163 Å². The van der Waals surface area contributed by atoms with Gasteiger partial charge in [-0.3, -0.25) is 4.79 Å². The van der Waals surface area contributed by atoms with Gasteiger partial charge in [0.25, 0.3) is 0 Å². The fourth-order valence-corrected chi connectivity index (χ4v) is 5.72. The van der Waals surface area contributed by atoms with Gasteiger partial charge in [-0.1, -0.05) is 86.6 Å². The highest BCUT2D eigenvalue weighted by Gasteiger charge is 2.61. The smallest absolute Gasteiger partial charge is 0.311 e. The lowest BCUT2D eigenvalue weighted by atomic mass is 9.48. The number of carboxylic acids is 1. The Morgan fingerprint density at radius 1 is 1.22 bits per heavy atom. The summed E-state index contributed by atoms with van der Waals surface area (Å²) in [5.74, 6) is 0.0633. The van der Waals surface area contributed by atoms with E-state index in [9.17, 15) is 9.90 Å². The predicted octanol–water partition coefficient (Wildman–Crippen LogP) is 6.37. The van der Waals surface area contributed by atoms with Crippen LogP contribution in [0.1, 0.15) is 53.0 Å². The Morgan fingerprint density at radius 3 is 2.44 bits per heavy atom. The van der Waals surface area contributed by atoms with E-state index < -0.39 is 16.8 Å². The van der Waals surface area contributed by atoms with Crippen LogP contribution in [0.5, 0.6) is 0 Å². The van der Waals surface area contributed by atoms with Gasteiger partial charge in [0.2, 0.25) is 0 Å². The molecule has 2 nitrogen and oxygen atoms in total. The van der Waals surface area contributed by atoms with Crippen molar-refractivity contribution in [1.82, 2.24) is 0 Å². The number of allylic oxidation sites excluding steroid dienone is 5. The third-order valence-corrected chi connectivity index (χ3v) is 7.21. The number of benzene rings is 1. The molecule has 0 spiro atoms. The minimum atomic E-state index is -0.857. The van der Waals surface area contributed by atoms with Gasteiger partial charge in [0.05, 0.1) is 5.41 Å². The first kappa shape index (κ1) is 19.7. The molecule has 0 bridgehead atoms. The van der Waals surface area contributed by atoms with E-state index in [1.54, 1.807) is 0 Å². The molecule has 1 N–H and O–H groups in total. The molecule has 2 aliphatic carbocycles. The van der Waals surface area contributed by atoms with Crippen LogP contribution in [0.3, 0.4) is 0 Å². The maximum Gasteiger partial charge on any atom is 0.311 e. The molecule has 1 aromatic carbocycles. The zero-order chi connectivity index (χ0) is 19.8. The molecule has 144 valence electrons. The van der Waals surface area contributed by atoms with Crippen molar-refractivity contribution < 1.29 is 9.90 Å². The summed E-state index contributed by atoms with van der Waals surface area (Å²) in [6.45, 7) is 10.7. The second-order valence-corrected chi connectivity index (χ2v) is 8.49. The Kier molecular flexibility index (Phi) is 5.20. The van der Waals surface area contributed by atoms with Gasteiger partial charge in [0, 0.05) is 11.3 Å². The van der Waals surface area contributed by atoms with Gasteiger partial charge >= 0.3 is 5.97 Å². The molecular formula is C25H32O2. The van der Waals surface area contributed by atoms with Gasteiger partial charge < -0.3 is 5.11 Å². The normalized spacial score (nSPS) is 35.7. The first-order valence-corrected chi connectivity index (χ1v) is 10.2. The van der Waals surface area contributed by atoms with Crippen LogP contribution in [0.15, 0.2) is 59.7 Å². The predicted molar refractivity (Wildman–Crippen MR) is 112 cm³/mol. The molecule has 0 saturated heterocycles. The summed E-state index contributed by atoms with van der Waals surface area (Å²) in [6, 6.07) is 10.2. The number of carboxylic acid groups (broad SMARTS) is 1. The standard InChI is InChI=1S/C25H32O2/c1-6-20-15-17(3)21-18(4)16-25(7-2,24(5,22(20)21)23(26)27)14-13-19-11-9-8-10-12-19/h8-17,21-22H,6-7H2,1-5H3,(H,26,27)/t17-,21-,22+,24+,25+/m1/s1. The molecule has 3 rings (SSSR count). The van der Waals surface area contributed by atoms with Crippen molar-refractivity contribution in [3.8, 4) is 0 Å². The van der Waals surface area contributed by atoms with E-state index in [1.807, 2.05) is 25.1 Å². The average Bonchev–Trinajstić information content (AvgIpc) is 3.01. The summed E-state index contributed by atoms with van der Waals surface area (Å²) in [6.07, 6.45) is 10.6. The van der Waals surface area contributed by atoms with Crippen LogP contribution in [-0.2, 0) is 4.79 Å². The summed E-state index contributed by atoms with van der Waals surface area (Å²) in [7, 11) is 0. The maximum atomic E-state index is 12.8. The molecule has 0 unspecified atom stereocenters. The lowest BCUT2D eigenvalue weighted by Crippen LogP contribution is -2.54. The molecular weight excluding hydrogens is 332 g/mol. The summed E-state index contributed by atoms with van der Waals surface area (Å²) in [5, 5.41) is 10.5. The van der Waals surface area contributed by atoms with Crippen LogP contribution in [0.2, 0.25) is 0 Å². The largest absolute Gasteiger partial charge is 0.481 e. The summed E-state index contributed by atoms with van der Waals surface area (Å²) in [5.41, 5.74) is 2.40. The molecule has 1 aromatic rings. The number of hydrogen-bond donors (Lipinski definition) is 1. The lowest BCUT2D eigenvalue weighted by molar-refractivity contribution is -0.159. The first-order chi connectivity index (χ1) is 12.8. The van der Waals surface area contributed by atoms with E-state index in [-0.39, 0.29) is 5.92 Å². The fraction of sp³-hybridized carbons (Fsp3) is 0.480. The minimum absolute atomic E-state index is 0.0559. The van der Waals surface area contributed by atoms with Gasteiger partial charge in [-0.05, 0) is 44.1 Å². The second-order valence-electron chi connectivity index (χ2n) is 8.49. The summed E-state index contributed by atoms with van der Waals surface area (Å²) in [4.78, 5) is 12.8. The van der Waals surface area contributed by atoms with Crippen molar-refractivity contribution in [2.45, 2.75) is 47.5 Å². The highest BCUT2D eigenvalue weighted by atomic mass is 16.4. The molecule has 0 radical (unpaired) electrons. The van der Waals surface area contributed by atoms with E-state index >= 15 is 0 Å². The maximum absolute atomic E-state index is 12.8. The van der Waals surface area contributed by atoms with Crippen molar-refractivity contribution >= 4 is 12.0 Å². The monoisotopic (exact) mass is 364 g/mol. The van der Waals surface area contributed by atoms with Crippen LogP contribution in [-0.4, -0.2) is 11.1 Å². The summed E-state index contributed by atoms with van der Waals surface area (Å²) >= 11 is 0. The van der Waals surface area contributed by atoms with E-state index in [1.165, 1.54) is 11.1 Å². The number of hydrogen-bond acceptors (Lipinski definition) is 1. The highest BCUT2D eigenvalue weighted by molar-refractivity contribution is 5.79. The van der Waals surface area contributed by atoms with Crippen LogP contribution in [0.25, 0.3) is 6.08 Å². The first-order valence-electron chi connectivity index (χ1n) is 10.2. The zero-order valence-electron chi connectivity index (χ0n) is 17.2. The number of aliphatic carboxylic acids is 1. The van der Waals surface area contributed by atoms with Crippen LogP contribution < -0.4 is 0 Å². The van der Waals surface area contributed by atoms with E-state index in [0.717, 1.165) is 18.4 Å². The molecule has 5 atom stereocenters. The molecule has 27 heavy (non-hydrogen) atoms. The van der Waals surface area contributed by atoms with Crippen LogP contribution in [0, 0.1) is 28.6 Å². The van der Waals surface area contributed by atoms with Crippen molar-refractivity contribution in [1.29, 1.82) is 0 Å². The quantitative estimate of drug-likeness (QED) is 0.617. The molecule has 0 amide bonds. The third kappa shape index (κ3) is 2.90. The number of fused-ring (bicyclic) bond motifs is 1. The van der Waals surface area contributed by atoms with Gasteiger partial charge in [-0.25, -0.2) is 0 Å². The second kappa shape index (κ2) is 7.14. The average molecular weight is 365 g/mol. The van der Waals surface area contributed by atoms with Gasteiger partial charge in [-0.2, -0.15) is 0 Å². The summed E-state index contributed by atoms with van der Waals surface area (Å²) < 4.78 is 0. The molecule has 0 heterocycles. The lowest BCUT2D eigenvalue weighted by Gasteiger charge is -2.53. The van der Waals surface area contributed by atoms with E-state index in [2.05, 4.69) is 64.1 Å². The molecule has 0 aromatic heterocycles. The zero-order valence-corrected chi connectivity index (χ0v) is 17.2. The molecule has 2 aliphatic rings. The minimum Gasteiger partial charge on any atom is -0.481 e. The molecule has 2 heteroatoms. The van der Waals surface area contributed by atoms with Crippen molar-refractivity contribution in [2.24, 2.45) is 28.6 Å². The van der Waals surface area contributed by atoms with Crippen LogP contribution >= 0.6 is 0 Å². The Morgan fingerprint density at radius 2 is 1.89 bits per heavy atom. The fourth-order valence-electron chi connectivity index (χ4n) is 5.72. The molecule has 0 saturated carbocycles. The van der Waals surface area contributed by atoms with Crippen LogP contribution in [0.4, 0.5) is 0 Å². The van der Waals surface area contributed by atoms with E-state index in [0.29, 0.717) is 11.8 Å². The van der Waals surface area contributed by atoms with Gasteiger partial charge in [-0.15, -0.1) is 0 Å². The topological polar surface area (TPSA) is 37.3 Å². The van der Waals surface area contributed by atoms with Crippen molar-refractivity contribution in [3.05, 3.63) is 65.3 Å². The van der Waals surface area contributed by atoms with Crippen molar-refractivity contribution in [3.63, 3.8) is 0 Å². The van der Waals surface area contributed by atoms with Gasteiger partial charge in [0.1, 0.15) is 0 Å². The third-order valence-electron chi connectivity index (χ3n) is 7.21. The Hall–Kier alpha value is -2.09. The Balaban J connectivity index is 2.20. The van der Waals surface area contributed by atoms with Crippen molar-refractivity contribution in [2.75, 3.05) is 0 Å². The SMILES string of the molecule is CCC1=C[C@@H](C)[C@@H]2C(C)=C[C@@](C=Cc3ccccc3)(CC)[C@](C)(C(=O)O)[C@@H]12. The molecule has 0 fully saturated rings. The number of rotatable bonds is 5. The van der Waals surface area contributed by atoms with Gasteiger partial charge in [0.15, 0.2) is 0 Å². The molecule has 0 aliphatic heterocycles. The highest BCUT2D eigenvalue weighted by Crippen LogP contribution is 2.63. The van der Waals surface area contributed by atoms with E-state index in [4.69, 9.17) is 0 Å². The number of carbonyl (C=O) groups is 1. The Bertz CT molecular complexity index is 801.